The number of nitrogens with zero attached hydrogens (tertiary/aromatic N) is 2. The van der Waals surface area contributed by atoms with Crippen molar-refractivity contribution in [3.63, 3.8) is 0 Å². The van der Waals surface area contributed by atoms with Crippen LogP contribution in [0.15, 0.2) is 18.2 Å². The number of carbonyl (C=O) groups excluding carboxylic acids is 1. The first kappa shape index (κ1) is 15.2. The lowest BCUT2D eigenvalue weighted by molar-refractivity contribution is -0.884. The summed E-state index contributed by atoms with van der Waals surface area (Å²) in [6.07, 6.45) is 1.99. The van der Waals surface area contributed by atoms with Crippen LogP contribution in [-0.4, -0.2) is 44.1 Å². The fourth-order valence-corrected chi connectivity index (χ4v) is 2.80. The quantitative estimate of drug-likeness (QED) is 0.594. The number of likely N-dealkylation sites (tertiary alicyclic amines) is 1. The third-order valence-electron chi connectivity index (χ3n) is 4.19. The summed E-state index contributed by atoms with van der Waals surface area (Å²) in [5, 5.41) is 11.3. The number of hydrogen-bond acceptors (Lipinski definition) is 4. The first-order valence-corrected chi connectivity index (χ1v) is 7.02. The van der Waals surface area contributed by atoms with Gasteiger partial charge < -0.3 is 15.5 Å². The third-order valence-corrected chi connectivity index (χ3v) is 4.19. The molecule has 0 bridgehead atoms. The Balaban J connectivity index is 2.29. The van der Waals surface area contributed by atoms with Gasteiger partial charge in [0.25, 0.3) is 5.69 Å². The van der Waals surface area contributed by atoms with Crippen molar-refractivity contribution >= 4 is 17.3 Å². The number of nitrogens with one attached hydrogen (secondary N) is 1. The molecule has 0 spiro atoms. The van der Waals surface area contributed by atoms with Crippen molar-refractivity contribution in [3.8, 4) is 0 Å². The van der Waals surface area contributed by atoms with Crippen LogP contribution in [0.25, 0.3) is 0 Å². The molecule has 1 heterocycles. The number of piperidine rings is 1. The van der Waals surface area contributed by atoms with Gasteiger partial charge in [-0.1, -0.05) is 0 Å². The minimum Gasteiger partial charge on any atom is -0.366 e. The summed E-state index contributed by atoms with van der Waals surface area (Å²) < 4.78 is 0. The smallest absolute Gasteiger partial charge is 0.293 e. The Morgan fingerprint density at radius 3 is 2.57 bits per heavy atom. The van der Waals surface area contributed by atoms with Crippen LogP contribution in [0.5, 0.6) is 0 Å². The number of carbonyl (C=O) groups is 1. The lowest BCUT2D eigenvalue weighted by Crippen LogP contribution is -3.10. The monoisotopic (exact) mass is 293 g/mol. The summed E-state index contributed by atoms with van der Waals surface area (Å²) in [6.45, 7) is 2.12. The van der Waals surface area contributed by atoms with Gasteiger partial charge in [0.15, 0.2) is 0 Å². The molecule has 1 fully saturated rings. The summed E-state index contributed by atoms with van der Waals surface area (Å²) in [4.78, 5) is 25.4. The Bertz CT molecular complexity index is 553. The second-order valence-corrected chi connectivity index (χ2v) is 5.62. The molecule has 0 unspecified atom stereocenters. The number of quaternary nitrogens is 1. The van der Waals surface area contributed by atoms with Crippen LogP contribution in [0.1, 0.15) is 23.2 Å². The molecule has 2 rings (SSSR count). The Labute approximate surface area is 123 Å². The van der Waals surface area contributed by atoms with Gasteiger partial charge in [0.05, 0.1) is 25.1 Å². The molecule has 1 aromatic carbocycles. The van der Waals surface area contributed by atoms with Crippen LogP contribution in [0.3, 0.4) is 0 Å². The molecule has 0 atom stereocenters. The highest BCUT2D eigenvalue weighted by molar-refractivity contribution is 5.94. The van der Waals surface area contributed by atoms with E-state index in [1.54, 1.807) is 12.1 Å². The average Bonchev–Trinajstić information content (AvgIpc) is 2.46. The van der Waals surface area contributed by atoms with Crippen molar-refractivity contribution in [2.45, 2.75) is 18.9 Å². The summed E-state index contributed by atoms with van der Waals surface area (Å²) in [5.41, 5.74) is 5.82. The molecule has 7 nitrogen and oxygen atoms in total. The Morgan fingerprint density at radius 2 is 2.05 bits per heavy atom. The van der Waals surface area contributed by atoms with E-state index in [1.807, 2.05) is 11.9 Å². The van der Waals surface area contributed by atoms with E-state index in [1.165, 1.54) is 11.0 Å². The molecule has 0 aromatic heterocycles. The second-order valence-electron chi connectivity index (χ2n) is 5.62. The average molecular weight is 293 g/mol. The maximum atomic E-state index is 11.3. The predicted octanol–water partition coefficient (Wildman–Crippen LogP) is -0.193. The lowest BCUT2D eigenvalue weighted by atomic mass is 10.0. The zero-order valence-electron chi connectivity index (χ0n) is 12.3. The molecule has 21 heavy (non-hydrogen) atoms. The SMILES string of the molecule is CN(c1ccc(C(N)=O)cc1[N+](=O)[O-])C1CC[NH+](C)CC1. The molecule has 0 saturated carbocycles. The maximum absolute atomic E-state index is 11.3. The topological polar surface area (TPSA) is 93.9 Å². The van der Waals surface area contributed by atoms with Gasteiger partial charge in [-0.2, -0.15) is 0 Å². The van der Waals surface area contributed by atoms with Crippen molar-refractivity contribution in [1.29, 1.82) is 0 Å². The van der Waals surface area contributed by atoms with E-state index in [4.69, 9.17) is 5.73 Å². The number of benzene rings is 1. The summed E-state index contributed by atoms with van der Waals surface area (Å²) >= 11 is 0. The van der Waals surface area contributed by atoms with Crippen LogP contribution in [0.4, 0.5) is 11.4 Å². The van der Waals surface area contributed by atoms with E-state index in [0.29, 0.717) is 5.69 Å². The fraction of sp³-hybridized carbons (Fsp3) is 0.500. The highest BCUT2D eigenvalue weighted by atomic mass is 16.6. The molecule has 0 radical (unpaired) electrons. The number of hydrogen-bond donors (Lipinski definition) is 2. The van der Waals surface area contributed by atoms with Crippen molar-refractivity contribution in [1.82, 2.24) is 0 Å². The molecular weight excluding hydrogens is 272 g/mol. The van der Waals surface area contributed by atoms with Crippen LogP contribution in [-0.2, 0) is 0 Å². The molecule has 7 heteroatoms. The molecule has 1 aliphatic rings. The summed E-state index contributed by atoms with van der Waals surface area (Å²) in [6, 6.07) is 4.70. The van der Waals surface area contributed by atoms with Crippen molar-refractivity contribution < 1.29 is 14.6 Å². The lowest BCUT2D eigenvalue weighted by Gasteiger charge is -2.34. The largest absolute Gasteiger partial charge is 0.366 e. The van der Waals surface area contributed by atoms with Gasteiger partial charge >= 0.3 is 0 Å². The molecular formula is C14H21N4O3+. The molecule has 1 amide bonds. The Morgan fingerprint density at radius 1 is 1.43 bits per heavy atom. The molecule has 1 aliphatic heterocycles. The highest BCUT2D eigenvalue weighted by Crippen LogP contribution is 2.31. The molecule has 114 valence electrons. The van der Waals surface area contributed by atoms with E-state index in [9.17, 15) is 14.9 Å². The minimum absolute atomic E-state index is 0.0694. The highest BCUT2D eigenvalue weighted by Gasteiger charge is 2.27. The minimum atomic E-state index is -0.657. The van der Waals surface area contributed by atoms with E-state index < -0.39 is 10.8 Å². The summed E-state index contributed by atoms with van der Waals surface area (Å²) in [5.74, 6) is -0.657. The normalized spacial score (nSPS) is 21.8. The number of rotatable bonds is 4. The number of nitro benzene ring substituents is 1. The predicted molar refractivity (Wildman–Crippen MR) is 79.7 cm³/mol. The van der Waals surface area contributed by atoms with Gasteiger partial charge in [-0.15, -0.1) is 0 Å². The van der Waals surface area contributed by atoms with Gasteiger partial charge in [-0.25, -0.2) is 0 Å². The molecule has 3 N–H and O–H groups in total. The van der Waals surface area contributed by atoms with E-state index in [2.05, 4.69) is 7.05 Å². The second kappa shape index (κ2) is 6.09. The van der Waals surface area contributed by atoms with Gasteiger partial charge in [-0.3, -0.25) is 14.9 Å². The van der Waals surface area contributed by atoms with Crippen molar-refractivity contribution in [2.24, 2.45) is 5.73 Å². The third kappa shape index (κ3) is 3.30. The first-order chi connectivity index (χ1) is 9.90. The Kier molecular flexibility index (Phi) is 4.42. The molecule has 1 saturated heterocycles. The van der Waals surface area contributed by atoms with Gasteiger partial charge in [0.1, 0.15) is 5.69 Å². The molecule has 1 aromatic rings. The number of nitro groups is 1. The number of primary amides is 1. The van der Waals surface area contributed by atoms with Crippen molar-refractivity contribution in [3.05, 3.63) is 33.9 Å². The van der Waals surface area contributed by atoms with Crippen LogP contribution >= 0.6 is 0 Å². The van der Waals surface area contributed by atoms with Crippen molar-refractivity contribution in [2.75, 3.05) is 32.1 Å². The zero-order chi connectivity index (χ0) is 15.6. The Hall–Kier alpha value is -2.15. The number of anilines is 1. The first-order valence-electron chi connectivity index (χ1n) is 7.02. The standard InChI is InChI=1S/C14H20N4O3/c1-16-7-5-11(6-8-16)17(2)12-4-3-10(14(15)19)9-13(12)18(20)21/h3-4,9,11H,5-8H2,1-2H3,(H2,15,19)/p+1. The van der Waals surface area contributed by atoms with E-state index >= 15 is 0 Å². The molecule has 0 aliphatic carbocycles. The number of amides is 1. The maximum Gasteiger partial charge on any atom is 0.293 e. The zero-order valence-corrected chi connectivity index (χ0v) is 12.3. The van der Waals surface area contributed by atoms with E-state index in [-0.39, 0.29) is 17.3 Å². The van der Waals surface area contributed by atoms with Gasteiger partial charge in [-0.05, 0) is 12.1 Å². The fourth-order valence-electron chi connectivity index (χ4n) is 2.80. The van der Waals surface area contributed by atoms with Crippen LogP contribution < -0.4 is 15.5 Å². The van der Waals surface area contributed by atoms with Gasteiger partial charge in [0, 0.05) is 37.6 Å². The van der Waals surface area contributed by atoms with E-state index in [0.717, 1.165) is 25.9 Å². The van der Waals surface area contributed by atoms with Gasteiger partial charge in [0.2, 0.25) is 5.91 Å². The summed E-state index contributed by atoms with van der Waals surface area (Å²) in [7, 11) is 4.03. The number of nitrogens with two attached hydrogens (primary N) is 1. The van der Waals surface area contributed by atoms with Crippen LogP contribution in [0, 0.1) is 10.1 Å². The van der Waals surface area contributed by atoms with Crippen LogP contribution in [0.2, 0.25) is 0 Å².